The van der Waals surface area contributed by atoms with Gasteiger partial charge < -0.3 is 10.8 Å². The molecule has 3 atom stereocenters. The predicted molar refractivity (Wildman–Crippen MR) is 71.5 cm³/mol. The summed E-state index contributed by atoms with van der Waals surface area (Å²) in [7, 11) is 0. The van der Waals surface area contributed by atoms with Crippen molar-refractivity contribution >= 4 is 0 Å². The molecule has 2 aromatic rings. The summed E-state index contributed by atoms with van der Waals surface area (Å²) in [6.07, 6.45) is 1.12. The average molecular weight is 237 g/mol. The molecule has 3 N–H and O–H groups in total. The Hall–Kier alpha value is -1.80. The quantitative estimate of drug-likeness (QED) is 0.801. The number of benzene rings is 2. The zero-order valence-corrected chi connectivity index (χ0v) is 10.0. The number of fused-ring (bicyclic) bond motifs is 3. The molecule has 0 aromatic heterocycles. The Kier molecular flexibility index (Phi) is 1.90. The summed E-state index contributed by atoms with van der Waals surface area (Å²) in [6.45, 7) is 0. The molecular formula is C16H15NO. The number of aromatic hydroxyl groups is 1. The van der Waals surface area contributed by atoms with Crippen LogP contribution in [0.4, 0.5) is 0 Å². The molecule has 2 aliphatic carbocycles. The van der Waals surface area contributed by atoms with Gasteiger partial charge in [-0.25, -0.2) is 0 Å². The summed E-state index contributed by atoms with van der Waals surface area (Å²) in [6, 6.07) is 14.4. The van der Waals surface area contributed by atoms with Crippen molar-refractivity contribution in [1.29, 1.82) is 0 Å². The predicted octanol–water partition coefficient (Wildman–Crippen LogP) is 2.66. The van der Waals surface area contributed by atoms with E-state index >= 15 is 0 Å². The van der Waals surface area contributed by atoms with Gasteiger partial charge in [0.2, 0.25) is 0 Å². The molecule has 0 radical (unpaired) electrons. The highest BCUT2D eigenvalue weighted by molar-refractivity contribution is 5.67. The largest absolute Gasteiger partial charge is 0.508 e. The van der Waals surface area contributed by atoms with E-state index in [2.05, 4.69) is 18.2 Å². The van der Waals surface area contributed by atoms with Gasteiger partial charge in [0, 0.05) is 12.0 Å². The first kappa shape index (κ1) is 10.2. The normalized spacial score (nSPS) is 27.7. The highest BCUT2D eigenvalue weighted by atomic mass is 16.3. The Bertz CT molecular complexity index is 635. The molecule has 0 spiro atoms. The molecule has 0 heterocycles. The SMILES string of the molecule is NC1C2Cc3cc(-c4cccc(O)c4)ccc3C12. The van der Waals surface area contributed by atoms with Gasteiger partial charge in [-0.05, 0) is 46.7 Å². The number of phenolic OH excluding ortho intramolecular Hbond substituents is 1. The molecule has 2 heteroatoms. The lowest BCUT2D eigenvalue weighted by atomic mass is 9.98. The van der Waals surface area contributed by atoms with E-state index in [1.165, 1.54) is 16.7 Å². The van der Waals surface area contributed by atoms with Gasteiger partial charge in [0.25, 0.3) is 0 Å². The molecule has 0 aliphatic heterocycles. The van der Waals surface area contributed by atoms with E-state index < -0.39 is 0 Å². The maximum absolute atomic E-state index is 9.54. The Labute approximate surface area is 106 Å². The molecule has 1 saturated carbocycles. The van der Waals surface area contributed by atoms with Crippen molar-refractivity contribution in [3.8, 4) is 16.9 Å². The molecule has 1 fully saturated rings. The Morgan fingerprint density at radius 1 is 1.06 bits per heavy atom. The van der Waals surface area contributed by atoms with E-state index in [4.69, 9.17) is 5.73 Å². The second-order valence-electron chi connectivity index (χ2n) is 5.44. The minimum atomic E-state index is 0.317. The lowest BCUT2D eigenvalue weighted by Gasteiger charge is -2.09. The van der Waals surface area contributed by atoms with Gasteiger partial charge in [0.15, 0.2) is 0 Å². The van der Waals surface area contributed by atoms with Crippen LogP contribution in [0.2, 0.25) is 0 Å². The molecule has 0 bridgehead atoms. The zero-order valence-electron chi connectivity index (χ0n) is 10.0. The average Bonchev–Trinajstić information content (AvgIpc) is 2.86. The van der Waals surface area contributed by atoms with Gasteiger partial charge in [0.1, 0.15) is 5.75 Å². The lowest BCUT2D eigenvalue weighted by Crippen LogP contribution is -2.08. The van der Waals surface area contributed by atoms with Gasteiger partial charge in [-0.3, -0.25) is 0 Å². The third-order valence-electron chi connectivity index (χ3n) is 4.37. The standard InChI is InChI=1S/C16H15NO/c17-16-14-8-11-6-10(4-5-13(11)15(14)16)9-2-1-3-12(18)7-9/h1-7,14-16,18H,8,17H2. The van der Waals surface area contributed by atoms with Crippen LogP contribution in [0.5, 0.6) is 5.75 Å². The van der Waals surface area contributed by atoms with Crippen LogP contribution >= 0.6 is 0 Å². The van der Waals surface area contributed by atoms with E-state index in [1.54, 1.807) is 6.07 Å². The molecule has 3 unspecified atom stereocenters. The first-order chi connectivity index (χ1) is 8.74. The highest BCUT2D eigenvalue weighted by Crippen LogP contribution is 2.55. The highest BCUT2D eigenvalue weighted by Gasteiger charge is 2.53. The molecule has 90 valence electrons. The second-order valence-corrected chi connectivity index (χ2v) is 5.44. The molecule has 2 nitrogen and oxygen atoms in total. The van der Waals surface area contributed by atoms with Crippen molar-refractivity contribution in [3.05, 3.63) is 53.6 Å². The summed E-state index contributed by atoms with van der Waals surface area (Å²) in [4.78, 5) is 0. The molecular weight excluding hydrogens is 222 g/mol. The van der Waals surface area contributed by atoms with Crippen molar-refractivity contribution in [2.75, 3.05) is 0 Å². The number of hydrogen-bond donors (Lipinski definition) is 2. The summed E-state index contributed by atoms with van der Waals surface area (Å²) < 4.78 is 0. The van der Waals surface area contributed by atoms with E-state index in [9.17, 15) is 5.11 Å². The smallest absolute Gasteiger partial charge is 0.116 e. The molecule has 2 aliphatic rings. The van der Waals surface area contributed by atoms with Crippen molar-refractivity contribution < 1.29 is 5.11 Å². The van der Waals surface area contributed by atoms with Crippen LogP contribution in [0.25, 0.3) is 11.1 Å². The van der Waals surface area contributed by atoms with Crippen LogP contribution < -0.4 is 5.73 Å². The van der Waals surface area contributed by atoms with Crippen molar-refractivity contribution in [3.63, 3.8) is 0 Å². The van der Waals surface area contributed by atoms with Crippen molar-refractivity contribution in [1.82, 2.24) is 0 Å². The minimum absolute atomic E-state index is 0.317. The van der Waals surface area contributed by atoms with Crippen LogP contribution in [0.1, 0.15) is 17.0 Å². The minimum Gasteiger partial charge on any atom is -0.508 e. The second kappa shape index (κ2) is 3.36. The van der Waals surface area contributed by atoms with Crippen LogP contribution in [0, 0.1) is 5.92 Å². The molecule has 2 aromatic carbocycles. The van der Waals surface area contributed by atoms with Crippen molar-refractivity contribution in [2.45, 2.75) is 18.4 Å². The lowest BCUT2D eigenvalue weighted by molar-refractivity contribution is 0.475. The fourth-order valence-electron chi connectivity index (χ4n) is 3.33. The van der Waals surface area contributed by atoms with Crippen molar-refractivity contribution in [2.24, 2.45) is 11.7 Å². The summed E-state index contributed by atoms with van der Waals surface area (Å²) >= 11 is 0. The number of phenols is 1. The first-order valence-electron chi connectivity index (χ1n) is 6.42. The molecule has 0 saturated heterocycles. The number of hydrogen-bond acceptors (Lipinski definition) is 2. The van der Waals surface area contributed by atoms with Gasteiger partial charge in [-0.2, -0.15) is 0 Å². The maximum Gasteiger partial charge on any atom is 0.116 e. The Balaban J connectivity index is 1.76. The Morgan fingerprint density at radius 3 is 2.72 bits per heavy atom. The maximum atomic E-state index is 9.54. The monoisotopic (exact) mass is 237 g/mol. The Morgan fingerprint density at radius 2 is 1.89 bits per heavy atom. The third-order valence-corrected chi connectivity index (χ3v) is 4.37. The number of nitrogens with two attached hydrogens (primary N) is 1. The van der Waals surface area contributed by atoms with E-state index in [0.717, 1.165) is 12.0 Å². The van der Waals surface area contributed by atoms with Gasteiger partial charge in [-0.15, -0.1) is 0 Å². The first-order valence-corrected chi connectivity index (χ1v) is 6.42. The van der Waals surface area contributed by atoms with Crippen LogP contribution in [0.15, 0.2) is 42.5 Å². The topological polar surface area (TPSA) is 46.2 Å². The fraction of sp³-hybridized carbons (Fsp3) is 0.250. The number of rotatable bonds is 1. The summed E-state index contributed by atoms with van der Waals surface area (Å²) in [5, 5.41) is 9.54. The van der Waals surface area contributed by atoms with Crippen LogP contribution in [-0.2, 0) is 6.42 Å². The summed E-state index contributed by atoms with van der Waals surface area (Å²) in [5.41, 5.74) is 11.2. The molecule has 18 heavy (non-hydrogen) atoms. The van der Waals surface area contributed by atoms with Crippen LogP contribution in [-0.4, -0.2) is 11.1 Å². The third kappa shape index (κ3) is 1.33. The van der Waals surface area contributed by atoms with Gasteiger partial charge in [-0.1, -0.05) is 30.3 Å². The molecule has 0 amide bonds. The van der Waals surface area contributed by atoms with E-state index in [0.29, 0.717) is 23.6 Å². The summed E-state index contributed by atoms with van der Waals surface area (Å²) in [5.74, 6) is 1.61. The van der Waals surface area contributed by atoms with Crippen LogP contribution in [0.3, 0.4) is 0 Å². The fourth-order valence-corrected chi connectivity index (χ4v) is 3.33. The molecule has 4 rings (SSSR count). The van der Waals surface area contributed by atoms with E-state index in [-0.39, 0.29) is 0 Å². The van der Waals surface area contributed by atoms with Gasteiger partial charge >= 0.3 is 0 Å². The zero-order chi connectivity index (χ0) is 12.3. The van der Waals surface area contributed by atoms with Gasteiger partial charge in [0.05, 0.1) is 0 Å². The van der Waals surface area contributed by atoms with E-state index in [1.807, 2.05) is 18.2 Å².